The van der Waals surface area contributed by atoms with E-state index in [0.29, 0.717) is 35.4 Å². The number of phenolic OH excluding ortho intramolecular Hbond substituents is 1. The Hall–Kier alpha value is -4.08. The van der Waals surface area contributed by atoms with Gasteiger partial charge in [-0.1, -0.05) is 19.1 Å². The number of carbonyl (C=O) groups is 1. The van der Waals surface area contributed by atoms with Gasteiger partial charge in [0.15, 0.2) is 5.60 Å². The van der Waals surface area contributed by atoms with Crippen LogP contribution in [0.2, 0.25) is 0 Å². The Morgan fingerprint density at radius 1 is 1.18 bits per heavy atom. The van der Waals surface area contributed by atoms with E-state index in [0.717, 1.165) is 34.1 Å². The molecule has 2 atom stereocenters. The Balaban J connectivity index is 1.43. The number of cyclic esters (lactones) is 1. The lowest BCUT2D eigenvalue weighted by Gasteiger charge is -2.31. The number of halogens is 1. The predicted molar refractivity (Wildman–Crippen MR) is 145 cm³/mol. The highest BCUT2D eigenvalue weighted by Gasteiger charge is 2.46. The fourth-order valence-electron chi connectivity index (χ4n) is 6.61. The molecule has 4 aromatic rings. The molecule has 2 aromatic carbocycles. The molecular weight excluding hydrogens is 513 g/mol. The normalized spacial score (nSPS) is 20.7. The second-order valence-corrected chi connectivity index (χ2v) is 11.0. The average Bonchev–Trinajstić information content (AvgIpc) is 3.32. The molecule has 2 aliphatic heterocycles. The van der Waals surface area contributed by atoms with Crippen LogP contribution in [0.25, 0.3) is 22.3 Å². The van der Waals surface area contributed by atoms with Gasteiger partial charge in [0.25, 0.3) is 5.56 Å². The first-order valence-electron chi connectivity index (χ1n) is 13.5. The summed E-state index contributed by atoms with van der Waals surface area (Å²) in [6.45, 7) is 4.10. The fraction of sp³-hybridized carbons (Fsp3) is 0.323. The molecular formula is C31H28FN3O5. The van der Waals surface area contributed by atoms with Crippen molar-refractivity contribution in [1.82, 2.24) is 14.9 Å². The molecule has 1 aliphatic carbocycles. The Morgan fingerprint density at radius 3 is 2.70 bits per heavy atom. The maximum absolute atomic E-state index is 15.1. The molecule has 204 valence electrons. The van der Waals surface area contributed by atoms with E-state index in [1.54, 1.807) is 36.6 Å². The quantitative estimate of drug-likeness (QED) is 0.295. The van der Waals surface area contributed by atoms with Crippen LogP contribution in [-0.4, -0.2) is 25.7 Å². The van der Waals surface area contributed by atoms with Crippen LogP contribution < -0.4 is 10.9 Å². The van der Waals surface area contributed by atoms with Gasteiger partial charge >= 0.3 is 5.97 Å². The van der Waals surface area contributed by atoms with Gasteiger partial charge in [-0.05, 0) is 66.6 Å². The topological polar surface area (TPSA) is 114 Å². The number of pyridine rings is 2. The number of rotatable bonds is 4. The van der Waals surface area contributed by atoms with E-state index in [4.69, 9.17) is 9.72 Å². The van der Waals surface area contributed by atoms with E-state index in [1.165, 1.54) is 6.07 Å². The number of hydrogen-bond acceptors (Lipinski definition) is 7. The summed E-state index contributed by atoms with van der Waals surface area (Å²) < 4.78 is 21.9. The number of phenols is 1. The zero-order valence-electron chi connectivity index (χ0n) is 22.2. The van der Waals surface area contributed by atoms with Gasteiger partial charge in [-0.15, -0.1) is 0 Å². The minimum absolute atomic E-state index is 0.0576. The third-order valence-electron chi connectivity index (χ3n) is 8.87. The van der Waals surface area contributed by atoms with E-state index < -0.39 is 11.6 Å². The van der Waals surface area contributed by atoms with Crippen LogP contribution in [-0.2, 0) is 41.2 Å². The Bertz CT molecular complexity index is 1810. The first-order chi connectivity index (χ1) is 19.2. The van der Waals surface area contributed by atoms with Crippen molar-refractivity contribution in [3.8, 4) is 17.1 Å². The number of nitrogens with zero attached hydrogens (tertiary/aromatic N) is 2. The van der Waals surface area contributed by atoms with E-state index in [2.05, 4.69) is 5.32 Å². The minimum Gasteiger partial charge on any atom is -0.508 e. The summed E-state index contributed by atoms with van der Waals surface area (Å²) in [7, 11) is 0. The fourth-order valence-corrected chi connectivity index (χ4v) is 6.61. The zero-order valence-corrected chi connectivity index (χ0v) is 22.2. The lowest BCUT2D eigenvalue weighted by atomic mass is 9.81. The minimum atomic E-state index is -1.92. The SMILES string of the molecule is CC[C@@]1(O)C(=O)OCc2c1cc1n(c2=O)Cc2c-1nc1cc(F)c(C)c3c1c2[C@@H](NCc1ccc(O)cc1)CC3. The highest BCUT2D eigenvalue weighted by atomic mass is 19.1. The maximum Gasteiger partial charge on any atom is 0.343 e. The van der Waals surface area contributed by atoms with Crippen LogP contribution >= 0.6 is 0 Å². The summed E-state index contributed by atoms with van der Waals surface area (Å²) >= 11 is 0. The van der Waals surface area contributed by atoms with Gasteiger partial charge in [0.2, 0.25) is 0 Å². The first kappa shape index (κ1) is 24.9. The van der Waals surface area contributed by atoms with E-state index >= 15 is 4.39 Å². The van der Waals surface area contributed by atoms with Crippen molar-refractivity contribution in [2.45, 2.75) is 64.4 Å². The number of aromatic hydroxyl groups is 1. The van der Waals surface area contributed by atoms with E-state index in [9.17, 15) is 19.8 Å². The van der Waals surface area contributed by atoms with Crippen molar-refractivity contribution in [2.75, 3.05) is 0 Å². The average molecular weight is 542 g/mol. The molecule has 0 bridgehead atoms. The summed E-state index contributed by atoms with van der Waals surface area (Å²) in [6.07, 6.45) is 1.48. The number of esters is 1. The van der Waals surface area contributed by atoms with Gasteiger partial charge in [-0.3, -0.25) is 4.79 Å². The third-order valence-corrected chi connectivity index (χ3v) is 8.87. The Morgan fingerprint density at radius 2 is 1.95 bits per heavy atom. The molecule has 8 nitrogen and oxygen atoms in total. The molecule has 0 radical (unpaired) electrons. The van der Waals surface area contributed by atoms with Crippen LogP contribution in [0.4, 0.5) is 4.39 Å². The number of hydrogen-bond donors (Lipinski definition) is 3. The molecule has 4 heterocycles. The molecule has 0 saturated carbocycles. The van der Waals surface area contributed by atoms with Crippen molar-refractivity contribution in [3.63, 3.8) is 0 Å². The van der Waals surface area contributed by atoms with Gasteiger partial charge in [0.1, 0.15) is 18.2 Å². The number of benzene rings is 2. The Labute approximate surface area is 229 Å². The van der Waals surface area contributed by atoms with Gasteiger partial charge in [-0.2, -0.15) is 0 Å². The predicted octanol–water partition coefficient (Wildman–Crippen LogP) is 4.01. The van der Waals surface area contributed by atoms with Crippen LogP contribution in [0.3, 0.4) is 0 Å². The molecule has 40 heavy (non-hydrogen) atoms. The summed E-state index contributed by atoms with van der Waals surface area (Å²) in [4.78, 5) is 31.2. The highest BCUT2D eigenvalue weighted by molar-refractivity contribution is 5.93. The van der Waals surface area contributed by atoms with Crippen molar-refractivity contribution in [1.29, 1.82) is 0 Å². The molecule has 2 aromatic heterocycles. The second-order valence-electron chi connectivity index (χ2n) is 11.0. The number of fused-ring (bicyclic) bond motifs is 5. The second kappa shape index (κ2) is 8.71. The van der Waals surface area contributed by atoms with Gasteiger partial charge in [0, 0.05) is 35.2 Å². The van der Waals surface area contributed by atoms with Crippen molar-refractivity contribution in [2.24, 2.45) is 0 Å². The summed E-state index contributed by atoms with van der Waals surface area (Å²) in [5, 5.41) is 25.4. The van der Waals surface area contributed by atoms with Crippen molar-refractivity contribution < 1.29 is 24.1 Å². The number of aliphatic hydroxyl groups is 1. The Kier molecular flexibility index (Phi) is 5.43. The molecule has 7 rings (SSSR count). The molecule has 0 saturated heterocycles. The highest BCUT2D eigenvalue weighted by Crippen LogP contribution is 2.46. The molecule has 0 unspecified atom stereocenters. The van der Waals surface area contributed by atoms with E-state index in [1.807, 2.05) is 12.1 Å². The zero-order chi connectivity index (χ0) is 27.9. The summed E-state index contributed by atoms with van der Waals surface area (Å²) in [5.74, 6) is -0.887. The summed E-state index contributed by atoms with van der Waals surface area (Å²) in [6, 6.07) is 10.1. The largest absolute Gasteiger partial charge is 0.508 e. The molecule has 3 N–H and O–H groups in total. The van der Waals surface area contributed by atoms with Gasteiger partial charge in [0.05, 0.1) is 29.0 Å². The lowest BCUT2D eigenvalue weighted by Crippen LogP contribution is -2.44. The standard InChI is InChI=1S/C31H28FN3O5/c1-3-31(39)21-10-25-28-19(13-35(25)29(37)20(21)14-40-30(31)38)27-23(33-12-16-4-6-17(36)7-5-16)9-8-18-15(2)22(32)11-24(34-28)26(18)27/h4-7,10-11,23,33,36,39H,3,8-9,12-14H2,1-2H3/t23-,31-/m0/s1. The van der Waals surface area contributed by atoms with Crippen molar-refractivity contribution >= 4 is 16.9 Å². The first-order valence-corrected chi connectivity index (χ1v) is 13.5. The molecule has 0 amide bonds. The van der Waals surface area contributed by atoms with Crippen LogP contribution in [0, 0.1) is 12.7 Å². The molecule has 0 fully saturated rings. The number of aromatic nitrogens is 2. The summed E-state index contributed by atoms with van der Waals surface area (Å²) in [5.41, 5.74) is 4.31. The van der Waals surface area contributed by atoms with Gasteiger partial charge < -0.3 is 24.8 Å². The molecule has 0 spiro atoms. The third kappa shape index (κ3) is 3.40. The molecule has 9 heteroatoms. The number of carbonyl (C=O) groups excluding carboxylic acids is 1. The van der Waals surface area contributed by atoms with Crippen LogP contribution in [0.1, 0.15) is 64.8 Å². The number of nitrogens with one attached hydrogen (secondary N) is 1. The van der Waals surface area contributed by atoms with Gasteiger partial charge in [-0.25, -0.2) is 14.2 Å². The smallest absolute Gasteiger partial charge is 0.343 e. The van der Waals surface area contributed by atoms with Crippen LogP contribution in [0.5, 0.6) is 5.75 Å². The van der Waals surface area contributed by atoms with E-state index in [-0.39, 0.29) is 53.9 Å². The number of aryl methyl sites for hydroxylation is 1. The van der Waals surface area contributed by atoms with Crippen LogP contribution in [0.15, 0.2) is 41.2 Å². The monoisotopic (exact) mass is 541 g/mol. The van der Waals surface area contributed by atoms with Crippen molar-refractivity contribution in [3.05, 3.63) is 91.5 Å². The maximum atomic E-state index is 15.1. The lowest BCUT2D eigenvalue weighted by molar-refractivity contribution is -0.172. The number of ether oxygens (including phenoxy) is 1. The molecule has 3 aliphatic rings.